The fourth-order valence-corrected chi connectivity index (χ4v) is 5.04. The van der Waals surface area contributed by atoms with Crippen molar-refractivity contribution in [1.82, 2.24) is 0 Å². The summed E-state index contributed by atoms with van der Waals surface area (Å²) in [5, 5.41) is 2.52. The Bertz CT molecular complexity index is 1160. The molecule has 2 nitrogen and oxygen atoms in total. The van der Waals surface area contributed by atoms with E-state index in [0.29, 0.717) is 0 Å². The van der Waals surface area contributed by atoms with Gasteiger partial charge in [0.15, 0.2) is 6.20 Å². The van der Waals surface area contributed by atoms with Crippen LogP contribution in [0.15, 0.2) is 93.3 Å². The van der Waals surface area contributed by atoms with Gasteiger partial charge in [-0.05, 0) is 49.1 Å². The van der Waals surface area contributed by atoms with Gasteiger partial charge in [-0.1, -0.05) is 47.7 Å². The smallest absolute Gasteiger partial charge is 0.212 e. The molecular weight excluding hydrogens is 392 g/mol. The molecule has 2 aromatic carbocycles. The third kappa shape index (κ3) is 4.14. The SMILES string of the molecule is CSc1ccc2c(c1)S\C(=C/C=C(C)/C=C/c1cc[n+](C)c3ccccc13)N2C. The molecule has 1 aromatic heterocycles. The summed E-state index contributed by atoms with van der Waals surface area (Å²) in [6.07, 6.45) is 13.0. The van der Waals surface area contributed by atoms with Crippen LogP contribution in [0.5, 0.6) is 0 Å². The van der Waals surface area contributed by atoms with Gasteiger partial charge in [-0.15, -0.1) is 11.8 Å². The Kier molecular flexibility index (Phi) is 5.84. The van der Waals surface area contributed by atoms with Crippen LogP contribution in [0.1, 0.15) is 12.5 Å². The molecule has 3 aromatic rings. The van der Waals surface area contributed by atoms with Gasteiger partial charge >= 0.3 is 0 Å². The van der Waals surface area contributed by atoms with Crippen molar-refractivity contribution in [3.8, 4) is 0 Å². The van der Waals surface area contributed by atoms with Gasteiger partial charge in [-0.25, -0.2) is 4.57 Å². The number of nitrogens with zero attached hydrogens (tertiary/aromatic N) is 2. The maximum absolute atomic E-state index is 2.28. The fourth-order valence-electron chi connectivity index (χ4n) is 3.44. The molecule has 0 spiro atoms. The largest absolute Gasteiger partial charge is 0.338 e. The summed E-state index contributed by atoms with van der Waals surface area (Å²) in [5.41, 5.74) is 4.99. The molecule has 0 amide bonds. The Hall–Kier alpha value is -2.43. The Balaban J connectivity index is 1.55. The number of aryl methyl sites for hydroxylation is 1. The molecule has 1 aliphatic rings. The van der Waals surface area contributed by atoms with Crippen LogP contribution in [0.3, 0.4) is 0 Å². The number of benzene rings is 2. The van der Waals surface area contributed by atoms with Gasteiger partial charge in [0.1, 0.15) is 7.05 Å². The summed E-state index contributed by atoms with van der Waals surface area (Å²) in [6, 6.07) is 17.4. The van der Waals surface area contributed by atoms with Crippen molar-refractivity contribution >= 4 is 46.2 Å². The third-order valence-corrected chi connectivity index (χ3v) is 7.05. The lowest BCUT2D eigenvalue weighted by Gasteiger charge is -2.13. The molecule has 0 radical (unpaired) electrons. The average molecular weight is 418 g/mol. The van der Waals surface area contributed by atoms with E-state index in [-0.39, 0.29) is 0 Å². The first-order valence-corrected chi connectivity index (χ1v) is 11.6. The van der Waals surface area contributed by atoms with E-state index in [1.54, 1.807) is 11.8 Å². The molecule has 1 aliphatic heterocycles. The molecule has 29 heavy (non-hydrogen) atoms. The molecule has 0 saturated carbocycles. The van der Waals surface area contributed by atoms with Gasteiger partial charge in [-0.3, -0.25) is 0 Å². The topological polar surface area (TPSA) is 7.12 Å². The van der Waals surface area contributed by atoms with Crippen LogP contribution >= 0.6 is 23.5 Å². The van der Waals surface area contributed by atoms with Crippen molar-refractivity contribution in [1.29, 1.82) is 0 Å². The average Bonchev–Trinajstić information content (AvgIpc) is 3.06. The Morgan fingerprint density at radius 2 is 1.97 bits per heavy atom. The molecular formula is C25H25N2S2+. The van der Waals surface area contributed by atoms with E-state index >= 15 is 0 Å². The minimum atomic E-state index is 1.23. The van der Waals surface area contributed by atoms with Crippen molar-refractivity contribution in [3.05, 3.63) is 89.1 Å². The number of hydrogen-bond acceptors (Lipinski definition) is 3. The highest BCUT2D eigenvalue weighted by Gasteiger charge is 2.21. The summed E-state index contributed by atoms with van der Waals surface area (Å²) < 4.78 is 2.16. The molecule has 0 unspecified atom stereocenters. The zero-order valence-corrected chi connectivity index (χ0v) is 18.8. The zero-order valence-electron chi connectivity index (χ0n) is 17.2. The van der Waals surface area contributed by atoms with E-state index in [2.05, 4.69) is 116 Å². The lowest BCUT2D eigenvalue weighted by atomic mass is 10.1. The highest BCUT2D eigenvalue weighted by molar-refractivity contribution is 8.03. The number of thioether (sulfide) groups is 2. The Morgan fingerprint density at radius 3 is 2.79 bits per heavy atom. The van der Waals surface area contributed by atoms with E-state index < -0.39 is 0 Å². The second kappa shape index (κ2) is 8.52. The van der Waals surface area contributed by atoms with Crippen LogP contribution in [0.2, 0.25) is 0 Å². The first-order chi connectivity index (χ1) is 14.1. The van der Waals surface area contributed by atoms with Crippen LogP contribution in [-0.4, -0.2) is 13.3 Å². The van der Waals surface area contributed by atoms with Crippen molar-refractivity contribution in [2.45, 2.75) is 16.7 Å². The maximum atomic E-state index is 2.28. The highest BCUT2D eigenvalue weighted by Crippen LogP contribution is 2.46. The van der Waals surface area contributed by atoms with Crippen LogP contribution in [0.4, 0.5) is 5.69 Å². The summed E-state index contributed by atoms with van der Waals surface area (Å²) in [7, 11) is 4.22. The van der Waals surface area contributed by atoms with E-state index in [1.807, 2.05) is 11.8 Å². The summed E-state index contributed by atoms with van der Waals surface area (Å²) >= 11 is 3.62. The quantitative estimate of drug-likeness (QED) is 0.274. The molecule has 0 N–H and O–H groups in total. The minimum Gasteiger partial charge on any atom is -0.338 e. The number of hydrogen-bond donors (Lipinski definition) is 0. The third-order valence-electron chi connectivity index (χ3n) is 5.16. The Labute approximate surface area is 181 Å². The molecule has 0 bridgehead atoms. The summed E-state index contributed by atoms with van der Waals surface area (Å²) in [4.78, 5) is 4.90. The minimum absolute atomic E-state index is 1.23. The lowest BCUT2D eigenvalue weighted by Crippen LogP contribution is -2.28. The van der Waals surface area contributed by atoms with Crippen LogP contribution in [-0.2, 0) is 7.05 Å². The van der Waals surface area contributed by atoms with Crippen molar-refractivity contribution < 1.29 is 4.57 Å². The highest BCUT2D eigenvalue weighted by atomic mass is 32.2. The molecule has 4 heteroatoms. The molecule has 2 heterocycles. The Morgan fingerprint density at radius 1 is 1.14 bits per heavy atom. The monoisotopic (exact) mass is 417 g/mol. The molecule has 0 atom stereocenters. The van der Waals surface area contributed by atoms with Crippen LogP contribution < -0.4 is 9.47 Å². The van der Waals surface area contributed by atoms with Crippen LogP contribution in [0, 0.1) is 0 Å². The van der Waals surface area contributed by atoms with Gasteiger partial charge in [0.05, 0.1) is 16.1 Å². The molecule has 0 saturated heterocycles. The second-order valence-electron chi connectivity index (χ2n) is 7.14. The molecule has 0 fully saturated rings. The predicted octanol–water partition coefficient (Wildman–Crippen LogP) is 6.43. The number of anilines is 1. The van der Waals surface area contributed by atoms with E-state index in [9.17, 15) is 0 Å². The number of aromatic nitrogens is 1. The van der Waals surface area contributed by atoms with Gasteiger partial charge < -0.3 is 4.90 Å². The number of rotatable bonds is 4. The van der Waals surface area contributed by atoms with Crippen LogP contribution in [0.25, 0.3) is 17.0 Å². The fraction of sp³-hybridized carbons (Fsp3) is 0.160. The van der Waals surface area contributed by atoms with Crippen molar-refractivity contribution in [2.24, 2.45) is 7.05 Å². The van der Waals surface area contributed by atoms with Gasteiger partial charge in [-0.2, -0.15) is 0 Å². The number of allylic oxidation sites excluding steroid dienone is 4. The first-order valence-electron chi connectivity index (χ1n) is 9.60. The summed E-state index contributed by atoms with van der Waals surface area (Å²) in [5.74, 6) is 0. The number of fused-ring (bicyclic) bond motifs is 2. The van der Waals surface area contributed by atoms with Gasteiger partial charge in [0.2, 0.25) is 5.52 Å². The normalized spacial score (nSPS) is 15.7. The van der Waals surface area contributed by atoms with Crippen molar-refractivity contribution in [3.63, 3.8) is 0 Å². The zero-order chi connectivity index (χ0) is 20.4. The molecule has 4 rings (SSSR count). The maximum Gasteiger partial charge on any atom is 0.212 e. The van der Waals surface area contributed by atoms with Gasteiger partial charge in [0, 0.05) is 29.0 Å². The number of pyridine rings is 1. The number of para-hydroxylation sites is 1. The predicted molar refractivity (Wildman–Crippen MR) is 128 cm³/mol. The van der Waals surface area contributed by atoms with E-state index in [4.69, 9.17) is 0 Å². The molecule has 146 valence electrons. The second-order valence-corrected chi connectivity index (χ2v) is 9.08. The lowest BCUT2D eigenvalue weighted by molar-refractivity contribution is -0.644. The van der Waals surface area contributed by atoms with Crippen molar-refractivity contribution in [2.75, 3.05) is 18.2 Å². The van der Waals surface area contributed by atoms with E-state index in [1.165, 1.54) is 42.5 Å². The summed E-state index contributed by atoms with van der Waals surface area (Å²) in [6.45, 7) is 2.15. The molecule has 0 aliphatic carbocycles. The van der Waals surface area contributed by atoms with Gasteiger partial charge in [0.25, 0.3) is 0 Å². The van der Waals surface area contributed by atoms with E-state index in [0.717, 1.165) is 0 Å². The first kappa shape index (κ1) is 19.9. The standard InChI is InChI=1S/C25H25N2S2/c1-18(9-11-19-15-16-26(2)22-8-6-5-7-21(19)22)10-14-25-27(3)23-13-12-20(28-4)17-24(23)29-25/h5-17H,1-4H3/q+1.